The molecule has 0 spiro atoms. The first kappa shape index (κ1) is 69.1. The van der Waals surface area contributed by atoms with Crippen LogP contribution in [0.1, 0.15) is 165 Å². The van der Waals surface area contributed by atoms with E-state index in [1.54, 1.807) is 0 Å². The minimum atomic E-state index is 0.237. The molecule has 538 valence electrons. The number of nitrogens with zero attached hydrogens (tertiary/aromatic N) is 4. The quantitative estimate of drug-likeness (QED) is 0.142. The van der Waals surface area contributed by atoms with Gasteiger partial charge in [0.1, 0.15) is 0 Å². The van der Waals surface area contributed by atoms with Crippen LogP contribution in [0.25, 0.3) is 64.6 Å². The Bertz CT molecular complexity index is 5700. The normalized spacial score (nSPS) is 15.1. The molecule has 8 nitrogen and oxygen atoms in total. The van der Waals surface area contributed by atoms with Gasteiger partial charge in [-0.3, -0.25) is 0 Å². The van der Waals surface area contributed by atoms with Gasteiger partial charge in [0.15, 0.2) is 46.0 Å². The van der Waals surface area contributed by atoms with Crippen LogP contribution in [0, 0.1) is 0 Å². The molecule has 1 unspecified atom stereocenters. The van der Waals surface area contributed by atoms with Gasteiger partial charge in [0, 0.05) is 50.1 Å². The van der Waals surface area contributed by atoms with Gasteiger partial charge < -0.3 is 38.5 Å². The lowest BCUT2D eigenvalue weighted by molar-refractivity contribution is 0.379. The van der Waals surface area contributed by atoms with E-state index in [4.69, 9.17) is 18.9 Å². The topological polar surface area (TPSA) is 49.9 Å². The maximum atomic E-state index is 6.71. The zero-order valence-electron chi connectivity index (χ0n) is 63.6. The van der Waals surface area contributed by atoms with Crippen molar-refractivity contribution >= 4 is 110 Å². The summed E-state index contributed by atoms with van der Waals surface area (Å²) in [6, 6.07) is 86.9. The van der Waals surface area contributed by atoms with Crippen molar-refractivity contribution < 1.29 is 18.9 Å². The van der Waals surface area contributed by atoms with E-state index in [2.05, 4.69) is 325 Å². The standard InChI is InChI=1S/C27H25NO.C26H23NO.C24H27NO.C22H23NO/c1-28-23-17-20-12-6-7-13-21(20)25(19-10-3-2-4-11-19)27(23)29-24-16-15-18-9-5-8-14-22(18)26(24)28;1-27-22-14-18-10-4-5-11-19(18)16-24(22)28-26-23(27)15-20-12-6-7-13-21(20)25(26)17-8-2-3-9-17;1-5-24(6-2,7-3)19-12-13-20-23(16-19)26-22-15-18-11-9-8-10-17(18)14-21(22)25(20)4;1-4-8-15(2)17-11-7-12-19-21(17)24-22-18-10-6-5-9-16(18)13-14-20(22)23(19)3/h5-9,12-17,19H,2-4,10-11H2,1H3;4-7,10-17H,2-3,8-9H2,1H3;8-16H,5-7H2,1-4H3;5-7,9-15H,4,8H2,1-3H3. The van der Waals surface area contributed by atoms with Crippen molar-refractivity contribution in [2.24, 2.45) is 0 Å². The number of anilines is 8. The molecule has 14 aromatic carbocycles. The first-order valence-electron chi connectivity index (χ1n) is 39.6. The predicted molar refractivity (Wildman–Crippen MR) is 452 cm³/mol. The average molecular weight is 1410 g/mol. The zero-order valence-corrected chi connectivity index (χ0v) is 63.6. The zero-order chi connectivity index (χ0) is 73.0. The summed E-state index contributed by atoms with van der Waals surface area (Å²) < 4.78 is 26.3. The van der Waals surface area contributed by atoms with Gasteiger partial charge in [-0.1, -0.05) is 249 Å². The first-order chi connectivity index (χ1) is 52.4. The van der Waals surface area contributed by atoms with Crippen molar-refractivity contribution in [3.8, 4) is 46.0 Å². The van der Waals surface area contributed by atoms with E-state index in [1.807, 2.05) is 0 Å². The molecule has 1 atom stereocenters. The summed E-state index contributed by atoms with van der Waals surface area (Å²) in [6.07, 6.45) is 17.5. The second-order valence-corrected chi connectivity index (χ2v) is 30.7. The highest BCUT2D eigenvalue weighted by Gasteiger charge is 2.35. The van der Waals surface area contributed by atoms with E-state index in [0.29, 0.717) is 17.8 Å². The van der Waals surface area contributed by atoms with Crippen LogP contribution in [0.4, 0.5) is 45.5 Å². The fourth-order valence-electron chi connectivity index (χ4n) is 18.6. The molecule has 2 fully saturated rings. The lowest BCUT2D eigenvalue weighted by Crippen LogP contribution is -2.24. The predicted octanol–water partition coefficient (Wildman–Crippen LogP) is 29.2. The van der Waals surface area contributed by atoms with Crippen LogP contribution < -0.4 is 38.5 Å². The van der Waals surface area contributed by atoms with E-state index < -0.39 is 0 Å². The van der Waals surface area contributed by atoms with Crippen LogP contribution in [0.3, 0.4) is 0 Å². The number of para-hydroxylation sites is 1. The van der Waals surface area contributed by atoms with Crippen LogP contribution in [0.2, 0.25) is 0 Å². The van der Waals surface area contributed by atoms with Crippen LogP contribution in [-0.2, 0) is 5.41 Å². The van der Waals surface area contributed by atoms with Gasteiger partial charge in [-0.25, -0.2) is 0 Å². The molecule has 107 heavy (non-hydrogen) atoms. The van der Waals surface area contributed by atoms with Gasteiger partial charge in [-0.15, -0.1) is 0 Å². The third kappa shape index (κ3) is 12.5. The minimum Gasteiger partial charge on any atom is -0.453 e. The van der Waals surface area contributed by atoms with Crippen molar-refractivity contribution in [1.29, 1.82) is 0 Å². The Hall–Kier alpha value is -11.0. The third-order valence-electron chi connectivity index (χ3n) is 24.8. The molecule has 0 saturated heterocycles. The molecule has 6 aliphatic rings. The van der Waals surface area contributed by atoms with Gasteiger partial charge >= 0.3 is 0 Å². The fraction of sp³-hybridized carbons (Fsp3) is 0.273. The molecular weight excluding hydrogens is 1310 g/mol. The maximum Gasteiger partial charge on any atom is 0.158 e. The largest absolute Gasteiger partial charge is 0.453 e. The first-order valence-corrected chi connectivity index (χ1v) is 39.6. The van der Waals surface area contributed by atoms with Crippen LogP contribution >= 0.6 is 0 Å². The van der Waals surface area contributed by atoms with E-state index >= 15 is 0 Å². The number of fused-ring (bicyclic) bond motifs is 16. The Kier molecular flexibility index (Phi) is 18.8. The Morgan fingerprint density at radius 3 is 1.34 bits per heavy atom. The van der Waals surface area contributed by atoms with Gasteiger partial charge in [0.25, 0.3) is 0 Å². The van der Waals surface area contributed by atoms with Crippen molar-refractivity contribution in [3.63, 3.8) is 0 Å². The molecule has 0 N–H and O–H groups in total. The van der Waals surface area contributed by atoms with Crippen LogP contribution in [0.15, 0.2) is 243 Å². The van der Waals surface area contributed by atoms with Gasteiger partial charge in [0.05, 0.1) is 45.5 Å². The SMILES string of the molecule is CCC(CC)(CC)c1ccc2c(c1)Oc1cc3ccccc3cc1N2C.CCCC(C)c1cccc2c1Oc1c(ccc3ccccc13)N2C.CN1c2cc3ccccc3c(C3CCCCC3)c2Oc2ccc3ccccc3c21.CN1c2cc3ccccc3cc2Oc2c1cc1ccccc1c2C1CCCC1. The average Bonchev–Trinajstić information content (AvgIpc) is 1.11. The molecule has 4 heterocycles. The van der Waals surface area contributed by atoms with Crippen molar-refractivity contribution in [3.05, 3.63) is 265 Å². The molecule has 20 rings (SSSR count). The smallest absolute Gasteiger partial charge is 0.158 e. The summed E-state index contributed by atoms with van der Waals surface area (Å²) >= 11 is 0. The van der Waals surface area contributed by atoms with Gasteiger partial charge in [-0.2, -0.15) is 0 Å². The lowest BCUT2D eigenvalue weighted by atomic mass is 9.73. The Morgan fingerprint density at radius 2 is 0.757 bits per heavy atom. The van der Waals surface area contributed by atoms with Crippen molar-refractivity contribution in [2.45, 2.75) is 148 Å². The number of hydrogen-bond acceptors (Lipinski definition) is 8. The molecule has 0 bridgehead atoms. The molecule has 0 aromatic heterocycles. The fourth-order valence-corrected chi connectivity index (χ4v) is 18.6. The summed E-state index contributed by atoms with van der Waals surface area (Å²) in [6.45, 7) is 11.4. The molecular formula is C99H98N4O4. The maximum absolute atomic E-state index is 6.71. The van der Waals surface area contributed by atoms with E-state index in [0.717, 1.165) is 93.7 Å². The third-order valence-corrected chi connectivity index (χ3v) is 24.8. The van der Waals surface area contributed by atoms with E-state index in [1.165, 1.54) is 175 Å². The second-order valence-electron chi connectivity index (χ2n) is 30.7. The highest BCUT2D eigenvalue weighted by molar-refractivity contribution is 6.05. The molecule has 0 radical (unpaired) electrons. The molecule has 0 amide bonds. The highest BCUT2D eigenvalue weighted by atomic mass is 16.5. The monoisotopic (exact) mass is 1410 g/mol. The number of rotatable bonds is 9. The Morgan fingerprint density at radius 1 is 0.327 bits per heavy atom. The Balaban J connectivity index is 0.000000105. The summed E-state index contributed by atoms with van der Waals surface area (Å²) in [7, 11) is 8.61. The lowest BCUT2D eigenvalue weighted by Gasteiger charge is -2.35. The molecule has 2 saturated carbocycles. The second kappa shape index (κ2) is 29.1. The van der Waals surface area contributed by atoms with Crippen molar-refractivity contribution in [1.82, 2.24) is 0 Å². The molecule has 2 aliphatic carbocycles. The van der Waals surface area contributed by atoms with Crippen LogP contribution in [-0.4, -0.2) is 28.2 Å². The minimum absolute atomic E-state index is 0.237. The number of ether oxygens (including phenoxy) is 4. The Labute approximate surface area is 631 Å². The molecule has 8 heteroatoms. The summed E-state index contributed by atoms with van der Waals surface area (Å²) in [5.41, 5.74) is 15.0. The van der Waals surface area contributed by atoms with Gasteiger partial charge in [0.2, 0.25) is 0 Å². The summed E-state index contributed by atoms with van der Waals surface area (Å²) in [4.78, 5) is 9.15. The summed E-state index contributed by atoms with van der Waals surface area (Å²) in [5, 5.41) is 15.1. The van der Waals surface area contributed by atoms with E-state index in [-0.39, 0.29) is 5.41 Å². The van der Waals surface area contributed by atoms with Crippen LogP contribution in [0.5, 0.6) is 46.0 Å². The number of hydrogen-bond donors (Lipinski definition) is 0. The van der Waals surface area contributed by atoms with Crippen molar-refractivity contribution in [2.75, 3.05) is 47.8 Å². The number of benzene rings is 14. The summed E-state index contributed by atoms with van der Waals surface area (Å²) in [5.74, 6) is 9.62. The molecule has 14 aromatic rings. The molecule has 4 aliphatic heterocycles. The van der Waals surface area contributed by atoms with E-state index in [9.17, 15) is 0 Å². The van der Waals surface area contributed by atoms with Gasteiger partial charge in [-0.05, 0) is 206 Å². The highest BCUT2D eigenvalue weighted by Crippen LogP contribution is 2.58.